The summed E-state index contributed by atoms with van der Waals surface area (Å²) in [6.45, 7) is 2.67. The molecular weight excluding hydrogens is 326 g/mol. The molecule has 1 amide bonds. The Balaban J connectivity index is 1.56. The van der Waals surface area contributed by atoms with E-state index in [9.17, 15) is 4.79 Å². The van der Waals surface area contributed by atoms with Crippen LogP contribution in [0, 0.1) is 6.92 Å². The number of pyridine rings is 1. The van der Waals surface area contributed by atoms with Gasteiger partial charge in [0.15, 0.2) is 0 Å². The van der Waals surface area contributed by atoms with Gasteiger partial charge < -0.3 is 15.4 Å². The lowest BCUT2D eigenvalue weighted by atomic mass is 10.2. The Bertz CT molecular complexity index is 857. The van der Waals surface area contributed by atoms with E-state index in [4.69, 9.17) is 4.74 Å². The zero-order valence-corrected chi connectivity index (χ0v) is 14.8. The fraction of sp³-hybridized carbons (Fsp3) is 0.143. The molecule has 26 heavy (non-hydrogen) atoms. The summed E-state index contributed by atoms with van der Waals surface area (Å²) in [5.41, 5.74) is 4.26. The Kier molecular flexibility index (Phi) is 5.49. The number of nitrogens with zero attached hydrogens (tertiary/aromatic N) is 1. The van der Waals surface area contributed by atoms with Gasteiger partial charge in [-0.3, -0.25) is 4.79 Å². The Hall–Kier alpha value is -3.34. The number of rotatable bonds is 6. The molecule has 0 saturated carbocycles. The van der Waals surface area contributed by atoms with Crippen molar-refractivity contribution in [2.24, 2.45) is 0 Å². The van der Waals surface area contributed by atoms with Gasteiger partial charge >= 0.3 is 0 Å². The number of amides is 1. The van der Waals surface area contributed by atoms with Crippen LogP contribution in [0.5, 0.6) is 5.75 Å². The Morgan fingerprint density at radius 1 is 0.962 bits per heavy atom. The van der Waals surface area contributed by atoms with Gasteiger partial charge in [0.05, 0.1) is 19.0 Å². The van der Waals surface area contributed by atoms with Crippen LogP contribution in [0.25, 0.3) is 0 Å². The molecule has 0 saturated heterocycles. The molecule has 3 aromatic rings. The van der Waals surface area contributed by atoms with Crippen LogP contribution in [-0.2, 0) is 6.54 Å². The van der Waals surface area contributed by atoms with Crippen molar-refractivity contribution in [2.45, 2.75) is 13.5 Å². The first-order valence-electron chi connectivity index (χ1n) is 8.35. The number of ether oxygens (including phenoxy) is 1. The van der Waals surface area contributed by atoms with Crippen LogP contribution in [-0.4, -0.2) is 18.0 Å². The minimum atomic E-state index is -0.226. The highest BCUT2D eigenvalue weighted by Crippen LogP contribution is 2.14. The van der Waals surface area contributed by atoms with Crippen molar-refractivity contribution in [3.8, 4) is 5.75 Å². The molecule has 5 heteroatoms. The summed E-state index contributed by atoms with van der Waals surface area (Å²) < 4.78 is 5.15. The quantitative estimate of drug-likeness (QED) is 0.699. The predicted octanol–water partition coefficient (Wildman–Crippen LogP) is 4.26. The number of methoxy groups -OCH3 is 1. The molecule has 0 fully saturated rings. The van der Waals surface area contributed by atoms with Gasteiger partial charge in [0.1, 0.15) is 11.4 Å². The van der Waals surface area contributed by atoms with Crippen LogP contribution in [0.4, 0.5) is 11.4 Å². The number of carbonyl (C=O) groups is 1. The van der Waals surface area contributed by atoms with E-state index in [1.54, 1.807) is 19.4 Å². The summed E-state index contributed by atoms with van der Waals surface area (Å²) in [5.74, 6) is 0.606. The zero-order chi connectivity index (χ0) is 18.4. The number of anilines is 2. The van der Waals surface area contributed by atoms with E-state index in [-0.39, 0.29) is 5.91 Å². The zero-order valence-electron chi connectivity index (χ0n) is 14.8. The highest BCUT2D eigenvalue weighted by molar-refractivity contribution is 6.02. The molecule has 0 aliphatic rings. The first-order valence-corrected chi connectivity index (χ1v) is 8.35. The number of aromatic nitrogens is 1. The topological polar surface area (TPSA) is 63.2 Å². The van der Waals surface area contributed by atoms with E-state index in [1.165, 1.54) is 0 Å². The average molecular weight is 347 g/mol. The molecule has 5 nitrogen and oxygen atoms in total. The summed E-state index contributed by atoms with van der Waals surface area (Å²) in [6.07, 6.45) is 1.66. The molecule has 0 unspecified atom stereocenters. The van der Waals surface area contributed by atoms with Crippen LogP contribution in [0.3, 0.4) is 0 Å². The third-order valence-electron chi connectivity index (χ3n) is 3.96. The van der Waals surface area contributed by atoms with Gasteiger partial charge in [-0.25, -0.2) is 4.98 Å². The largest absolute Gasteiger partial charge is 0.497 e. The summed E-state index contributed by atoms with van der Waals surface area (Å²) >= 11 is 0. The molecule has 132 valence electrons. The number of hydrogen-bond acceptors (Lipinski definition) is 4. The van der Waals surface area contributed by atoms with Crippen molar-refractivity contribution in [1.82, 2.24) is 4.98 Å². The molecule has 1 aromatic heterocycles. The number of carbonyl (C=O) groups excluding carboxylic acids is 1. The van der Waals surface area contributed by atoms with E-state index in [1.807, 2.05) is 61.5 Å². The smallest absolute Gasteiger partial charge is 0.274 e. The van der Waals surface area contributed by atoms with Crippen molar-refractivity contribution in [3.63, 3.8) is 0 Å². The van der Waals surface area contributed by atoms with E-state index >= 15 is 0 Å². The first-order chi connectivity index (χ1) is 12.6. The Labute approximate surface area is 153 Å². The fourth-order valence-corrected chi connectivity index (χ4v) is 2.41. The Morgan fingerprint density at radius 3 is 2.27 bits per heavy atom. The van der Waals surface area contributed by atoms with Crippen LogP contribution >= 0.6 is 0 Å². The predicted molar refractivity (Wildman–Crippen MR) is 104 cm³/mol. The maximum atomic E-state index is 12.2. The van der Waals surface area contributed by atoms with Crippen molar-refractivity contribution in [2.75, 3.05) is 17.7 Å². The second kappa shape index (κ2) is 8.16. The molecular formula is C21H21N3O2. The summed E-state index contributed by atoms with van der Waals surface area (Å²) in [7, 11) is 1.65. The van der Waals surface area contributed by atoms with Crippen molar-refractivity contribution in [3.05, 3.63) is 83.7 Å². The first kappa shape index (κ1) is 17.5. The SMILES string of the molecule is COc1ccc(CNc2ccc(C(=O)Nc3ccc(C)cc3)nc2)cc1. The molecule has 0 aliphatic carbocycles. The lowest BCUT2D eigenvalue weighted by Crippen LogP contribution is -2.13. The summed E-state index contributed by atoms with van der Waals surface area (Å²) in [5, 5.41) is 6.13. The number of hydrogen-bond donors (Lipinski definition) is 2. The third kappa shape index (κ3) is 4.60. The number of aryl methyl sites for hydroxylation is 1. The maximum absolute atomic E-state index is 12.2. The van der Waals surface area contributed by atoms with E-state index < -0.39 is 0 Å². The minimum absolute atomic E-state index is 0.226. The lowest BCUT2D eigenvalue weighted by molar-refractivity contribution is 0.102. The van der Waals surface area contributed by atoms with Gasteiger partial charge in [0.25, 0.3) is 5.91 Å². The molecule has 2 N–H and O–H groups in total. The maximum Gasteiger partial charge on any atom is 0.274 e. The van der Waals surface area contributed by atoms with E-state index in [0.29, 0.717) is 12.2 Å². The van der Waals surface area contributed by atoms with E-state index in [2.05, 4.69) is 15.6 Å². The molecule has 0 spiro atoms. The molecule has 2 aromatic carbocycles. The lowest BCUT2D eigenvalue weighted by Gasteiger charge is -2.08. The molecule has 1 heterocycles. The van der Waals surface area contributed by atoms with Crippen LogP contribution in [0.2, 0.25) is 0 Å². The van der Waals surface area contributed by atoms with Crippen molar-refractivity contribution in [1.29, 1.82) is 0 Å². The normalized spacial score (nSPS) is 10.2. The van der Waals surface area contributed by atoms with Gasteiger partial charge in [-0.15, -0.1) is 0 Å². The van der Waals surface area contributed by atoms with Crippen LogP contribution in [0.15, 0.2) is 66.9 Å². The highest BCUT2D eigenvalue weighted by Gasteiger charge is 2.07. The average Bonchev–Trinajstić information content (AvgIpc) is 2.69. The fourth-order valence-electron chi connectivity index (χ4n) is 2.41. The second-order valence-electron chi connectivity index (χ2n) is 5.95. The van der Waals surface area contributed by atoms with Gasteiger partial charge in [-0.1, -0.05) is 29.8 Å². The molecule has 0 aliphatic heterocycles. The number of nitrogens with one attached hydrogen (secondary N) is 2. The van der Waals surface area contributed by atoms with Gasteiger partial charge in [-0.2, -0.15) is 0 Å². The van der Waals surface area contributed by atoms with Crippen molar-refractivity contribution < 1.29 is 9.53 Å². The number of benzene rings is 2. The summed E-state index contributed by atoms with van der Waals surface area (Å²) in [6, 6.07) is 19.1. The Morgan fingerprint density at radius 2 is 1.65 bits per heavy atom. The molecule has 0 atom stereocenters. The van der Waals surface area contributed by atoms with Gasteiger partial charge in [0.2, 0.25) is 0 Å². The monoisotopic (exact) mass is 347 g/mol. The van der Waals surface area contributed by atoms with Crippen LogP contribution < -0.4 is 15.4 Å². The van der Waals surface area contributed by atoms with Gasteiger partial charge in [-0.05, 0) is 48.9 Å². The molecule has 0 radical (unpaired) electrons. The van der Waals surface area contributed by atoms with Crippen LogP contribution in [0.1, 0.15) is 21.6 Å². The molecule has 0 bridgehead atoms. The summed E-state index contributed by atoms with van der Waals surface area (Å²) in [4.78, 5) is 16.5. The van der Waals surface area contributed by atoms with E-state index in [0.717, 1.165) is 28.3 Å². The standard InChI is InChI=1S/C21H21N3O2/c1-15-3-7-17(8-4-15)24-21(25)20-12-9-18(14-23-20)22-13-16-5-10-19(26-2)11-6-16/h3-12,14,22H,13H2,1-2H3,(H,24,25). The van der Waals surface area contributed by atoms with Gasteiger partial charge in [0, 0.05) is 12.2 Å². The van der Waals surface area contributed by atoms with Crippen molar-refractivity contribution >= 4 is 17.3 Å². The highest BCUT2D eigenvalue weighted by atomic mass is 16.5. The minimum Gasteiger partial charge on any atom is -0.497 e. The third-order valence-corrected chi connectivity index (χ3v) is 3.96. The second-order valence-corrected chi connectivity index (χ2v) is 5.95. The molecule has 3 rings (SSSR count).